The molecule has 0 unspecified atom stereocenters. The van der Waals surface area contributed by atoms with Crippen LogP contribution in [0.4, 0.5) is 0 Å². The van der Waals surface area contributed by atoms with Crippen molar-refractivity contribution in [1.29, 1.82) is 5.41 Å². The maximum Gasteiger partial charge on any atom is 0.351 e. The first-order valence-corrected chi connectivity index (χ1v) is 2.41. The van der Waals surface area contributed by atoms with E-state index in [9.17, 15) is 4.79 Å². The Bertz CT molecular complexity index is 186. The van der Waals surface area contributed by atoms with E-state index < -0.39 is 5.97 Å². The highest BCUT2D eigenvalue weighted by Gasteiger charge is 1.99. The maximum atomic E-state index is 10.0. The number of rotatable bonds is 2. The summed E-state index contributed by atoms with van der Waals surface area (Å²) in [7, 11) is 0. The number of aliphatic carboxylic acids is 1. The van der Waals surface area contributed by atoms with Crippen molar-refractivity contribution in [3.8, 4) is 0 Å². The molecule has 0 rings (SSSR count). The minimum Gasteiger partial charge on any atom is -0.477 e. The molecular weight excluding hydrogens is 136 g/mol. The topological polar surface area (TPSA) is 112 Å². The van der Waals surface area contributed by atoms with Crippen molar-refractivity contribution in [2.75, 3.05) is 0 Å². The van der Waals surface area contributed by atoms with Gasteiger partial charge in [-0.15, -0.1) is 0 Å². The van der Waals surface area contributed by atoms with Crippen LogP contribution in [-0.4, -0.2) is 22.7 Å². The quantitative estimate of drug-likeness (QED) is 0.224. The van der Waals surface area contributed by atoms with Gasteiger partial charge in [0.2, 0.25) is 5.96 Å². The summed E-state index contributed by atoms with van der Waals surface area (Å²) in [4.78, 5) is 10.0. The van der Waals surface area contributed by atoms with Gasteiger partial charge in [-0.1, -0.05) is 0 Å². The van der Waals surface area contributed by atoms with Gasteiger partial charge in [0, 0.05) is 0 Å². The molecule has 0 atom stereocenters. The molecule has 6 nitrogen and oxygen atoms in total. The number of hydrogen-bond acceptors (Lipinski definition) is 3. The second-order valence-electron chi connectivity index (χ2n) is 1.53. The average molecular weight is 144 g/mol. The fourth-order valence-corrected chi connectivity index (χ4v) is 0.192. The van der Waals surface area contributed by atoms with Crippen LogP contribution < -0.4 is 11.2 Å². The second-order valence-corrected chi connectivity index (χ2v) is 1.53. The van der Waals surface area contributed by atoms with Crippen molar-refractivity contribution < 1.29 is 9.90 Å². The SMILES string of the molecule is C/C(=N\NC(=N)N)C(=O)O. The molecule has 0 fully saturated rings. The molecule has 0 spiro atoms. The highest BCUT2D eigenvalue weighted by molar-refractivity contribution is 6.34. The van der Waals surface area contributed by atoms with Gasteiger partial charge in [-0.25, -0.2) is 10.2 Å². The lowest BCUT2D eigenvalue weighted by molar-refractivity contribution is -0.129. The van der Waals surface area contributed by atoms with Gasteiger partial charge in [-0.3, -0.25) is 5.41 Å². The first-order chi connectivity index (χ1) is 4.54. The van der Waals surface area contributed by atoms with E-state index in [0.29, 0.717) is 0 Å². The number of nitrogens with one attached hydrogen (secondary N) is 2. The van der Waals surface area contributed by atoms with Crippen molar-refractivity contribution in [3.63, 3.8) is 0 Å². The summed E-state index contributed by atoms with van der Waals surface area (Å²) in [6.07, 6.45) is 0. The summed E-state index contributed by atoms with van der Waals surface area (Å²) in [5.41, 5.74) is 6.66. The van der Waals surface area contributed by atoms with E-state index in [1.165, 1.54) is 6.92 Å². The van der Waals surface area contributed by atoms with Crippen molar-refractivity contribution >= 4 is 17.6 Å². The molecule has 0 aliphatic rings. The molecule has 0 aromatic rings. The van der Waals surface area contributed by atoms with Gasteiger partial charge in [0.15, 0.2) is 0 Å². The van der Waals surface area contributed by atoms with Crippen LogP contribution in [0.15, 0.2) is 5.10 Å². The van der Waals surface area contributed by atoms with Gasteiger partial charge >= 0.3 is 5.97 Å². The molecule has 0 heterocycles. The lowest BCUT2D eigenvalue weighted by Crippen LogP contribution is -2.27. The monoisotopic (exact) mass is 144 g/mol. The molecule has 0 bridgehead atoms. The number of hydrazone groups is 1. The lowest BCUT2D eigenvalue weighted by Gasteiger charge is -1.94. The first-order valence-electron chi connectivity index (χ1n) is 2.41. The Balaban J connectivity index is 3.92. The number of guanidine groups is 1. The molecule has 0 radical (unpaired) electrons. The zero-order chi connectivity index (χ0) is 8.15. The van der Waals surface area contributed by atoms with E-state index in [-0.39, 0.29) is 11.7 Å². The molecule has 0 aliphatic heterocycles. The van der Waals surface area contributed by atoms with Gasteiger partial charge in [0.25, 0.3) is 0 Å². The van der Waals surface area contributed by atoms with Crippen molar-refractivity contribution in [2.45, 2.75) is 6.92 Å². The summed E-state index contributed by atoms with van der Waals surface area (Å²) in [5.74, 6) is -1.53. The number of carboxylic acids is 1. The number of nitrogens with zero attached hydrogens (tertiary/aromatic N) is 1. The Morgan fingerprint density at radius 1 is 1.80 bits per heavy atom. The molecule has 10 heavy (non-hydrogen) atoms. The molecule has 5 N–H and O–H groups in total. The van der Waals surface area contributed by atoms with Crippen molar-refractivity contribution in [3.05, 3.63) is 0 Å². The van der Waals surface area contributed by atoms with Crippen molar-refractivity contribution in [1.82, 2.24) is 5.43 Å². The molecule has 0 aromatic heterocycles. The highest BCUT2D eigenvalue weighted by Crippen LogP contribution is 1.72. The van der Waals surface area contributed by atoms with Gasteiger partial charge in [0.1, 0.15) is 5.71 Å². The molecule has 0 aliphatic carbocycles. The summed E-state index contributed by atoms with van der Waals surface area (Å²) >= 11 is 0. The second kappa shape index (κ2) is 3.44. The van der Waals surface area contributed by atoms with Crippen LogP contribution in [0.3, 0.4) is 0 Å². The minimum atomic E-state index is -1.14. The van der Waals surface area contributed by atoms with E-state index in [1.807, 2.05) is 5.43 Å². The molecule has 56 valence electrons. The van der Waals surface area contributed by atoms with Crippen LogP contribution in [0.2, 0.25) is 0 Å². The Labute approximate surface area is 57.2 Å². The van der Waals surface area contributed by atoms with Gasteiger partial charge in [-0.05, 0) is 6.92 Å². The van der Waals surface area contributed by atoms with Gasteiger partial charge in [-0.2, -0.15) is 5.10 Å². The molecular formula is C4H8N4O2. The fraction of sp³-hybridized carbons (Fsp3) is 0.250. The van der Waals surface area contributed by atoms with E-state index in [0.717, 1.165) is 0 Å². The molecule has 0 aromatic carbocycles. The largest absolute Gasteiger partial charge is 0.477 e. The predicted octanol–water partition coefficient (Wildman–Crippen LogP) is -1.07. The third-order valence-corrected chi connectivity index (χ3v) is 0.654. The lowest BCUT2D eigenvalue weighted by atomic mass is 10.4. The van der Waals surface area contributed by atoms with Gasteiger partial charge in [0.05, 0.1) is 0 Å². The number of nitrogens with two attached hydrogens (primary N) is 1. The van der Waals surface area contributed by atoms with Crippen LogP contribution >= 0.6 is 0 Å². The van der Waals surface area contributed by atoms with Crippen LogP contribution in [0, 0.1) is 5.41 Å². The predicted molar refractivity (Wildman–Crippen MR) is 35.8 cm³/mol. The smallest absolute Gasteiger partial charge is 0.351 e. The molecule has 6 heteroatoms. The standard InChI is InChI=1S/C4H8N4O2/c1-2(3(9)10)7-8-4(5)6/h1H3,(H,9,10)(H4,5,6,8)/b7-2+. The average Bonchev–Trinajstić information content (AvgIpc) is 1.82. The third kappa shape index (κ3) is 3.42. The third-order valence-electron chi connectivity index (χ3n) is 0.654. The Kier molecular flexibility index (Phi) is 2.89. The summed E-state index contributed by atoms with van der Waals surface area (Å²) in [6.45, 7) is 1.29. The van der Waals surface area contributed by atoms with Crippen LogP contribution in [0.5, 0.6) is 0 Å². The van der Waals surface area contributed by atoms with Gasteiger partial charge < -0.3 is 10.8 Å². The summed E-state index contributed by atoms with van der Waals surface area (Å²) in [6, 6.07) is 0. The number of carbonyl (C=O) groups is 1. The summed E-state index contributed by atoms with van der Waals surface area (Å²) < 4.78 is 0. The number of carboxylic acid groups (broad SMARTS) is 1. The molecule has 0 amide bonds. The van der Waals surface area contributed by atoms with Crippen LogP contribution in [0.25, 0.3) is 0 Å². The highest BCUT2D eigenvalue weighted by atomic mass is 16.4. The van der Waals surface area contributed by atoms with Crippen LogP contribution in [-0.2, 0) is 4.79 Å². The fourth-order valence-electron chi connectivity index (χ4n) is 0.192. The first kappa shape index (κ1) is 8.41. The minimum absolute atomic E-state index is 0.143. The zero-order valence-electron chi connectivity index (χ0n) is 5.38. The Hall–Kier alpha value is -1.59. The normalized spacial score (nSPS) is 10.7. The summed E-state index contributed by atoms with van der Waals surface area (Å²) in [5, 5.41) is 18.0. The van der Waals surface area contributed by atoms with Crippen molar-refractivity contribution in [2.24, 2.45) is 10.8 Å². The van der Waals surface area contributed by atoms with Crippen LogP contribution in [0.1, 0.15) is 6.92 Å². The van der Waals surface area contributed by atoms with E-state index in [2.05, 4.69) is 5.10 Å². The maximum absolute atomic E-state index is 10.0. The molecule has 0 saturated carbocycles. The molecule has 0 saturated heterocycles. The Morgan fingerprint density at radius 2 is 2.30 bits per heavy atom. The van der Waals surface area contributed by atoms with E-state index in [4.69, 9.17) is 16.2 Å². The van der Waals surface area contributed by atoms with E-state index in [1.54, 1.807) is 0 Å². The van der Waals surface area contributed by atoms with E-state index >= 15 is 0 Å². The number of hydrogen-bond donors (Lipinski definition) is 4. The zero-order valence-corrected chi connectivity index (χ0v) is 5.38. The Morgan fingerprint density at radius 3 is 2.60 bits per heavy atom.